The molecule has 4 N–H and O–H groups in total. The van der Waals surface area contributed by atoms with E-state index in [1.54, 1.807) is 4.52 Å². The molecule has 1 saturated heterocycles. The van der Waals surface area contributed by atoms with Crippen molar-refractivity contribution in [2.24, 2.45) is 5.92 Å². The van der Waals surface area contributed by atoms with Crippen LogP contribution in [0, 0.1) is 17.4 Å². The van der Waals surface area contributed by atoms with Gasteiger partial charge in [-0.25, -0.2) is 9.50 Å². The number of ether oxygens (including phenoxy) is 1. The molecule has 0 spiro atoms. The molecule has 1 fully saturated rings. The molecule has 0 saturated carbocycles. The Labute approximate surface area is 147 Å². The number of aliphatic hydroxyl groups excluding tert-OH is 2. The van der Waals surface area contributed by atoms with Crippen molar-refractivity contribution in [2.75, 3.05) is 12.3 Å². The summed E-state index contributed by atoms with van der Waals surface area (Å²) in [4.78, 5) is 4.06. The average Bonchev–Trinajstić information content (AvgIpc) is 3.05. The van der Waals surface area contributed by atoms with Crippen LogP contribution >= 0.6 is 0 Å². The Kier molecular flexibility index (Phi) is 4.59. The molecule has 7 nitrogen and oxygen atoms in total. The predicted molar refractivity (Wildman–Crippen MR) is 97.5 cm³/mol. The number of anilines is 1. The fraction of sp³-hybridized carbons (Fsp3) is 0.529. The second-order valence-corrected chi connectivity index (χ2v) is 12.3. The molecule has 4 atom stereocenters. The number of aliphatic hydroxyl groups is 2. The number of fused-ring (bicyclic) bond motifs is 1. The molecule has 0 unspecified atom stereocenters. The lowest BCUT2D eigenvalue weighted by molar-refractivity contribution is -0.0152. The van der Waals surface area contributed by atoms with Gasteiger partial charge >= 0.3 is 0 Å². The van der Waals surface area contributed by atoms with Crippen LogP contribution in [0.1, 0.15) is 24.3 Å². The van der Waals surface area contributed by atoms with E-state index in [9.17, 15) is 10.2 Å². The van der Waals surface area contributed by atoms with Crippen LogP contribution in [0.4, 0.5) is 5.82 Å². The van der Waals surface area contributed by atoms with E-state index >= 15 is 0 Å². The van der Waals surface area contributed by atoms with E-state index < -0.39 is 26.4 Å². The summed E-state index contributed by atoms with van der Waals surface area (Å²) in [6.07, 6.45) is -0.391. The third-order valence-corrected chi connectivity index (χ3v) is 5.29. The molecule has 1 aliphatic rings. The number of hydrogen-bond acceptors (Lipinski definition) is 6. The van der Waals surface area contributed by atoms with Gasteiger partial charge in [0.2, 0.25) is 0 Å². The number of rotatable bonds is 2. The zero-order chi connectivity index (χ0) is 18.4. The largest absolute Gasteiger partial charge is 0.394 e. The van der Waals surface area contributed by atoms with Gasteiger partial charge in [-0.2, -0.15) is 5.10 Å². The Morgan fingerprint density at radius 3 is 2.72 bits per heavy atom. The summed E-state index contributed by atoms with van der Waals surface area (Å²) >= 11 is 0. The third-order valence-electron chi connectivity index (χ3n) is 4.41. The van der Waals surface area contributed by atoms with Gasteiger partial charge in [0.15, 0.2) is 5.82 Å². The van der Waals surface area contributed by atoms with Gasteiger partial charge in [-0.1, -0.05) is 32.5 Å². The van der Waals surface area contributed by atoms with Crippen molar-refractivity contribution in [3.63, 3.8) is 0 Å². The summed E-state index contributed by atoms with van der Waals surface area (Å²) < 4.78 is 7.50. The summed E-state index contributed by atoms with van der Waals surface area (Å²) in [7, 11) is -1.57. The Hall–Kier alpha value is -1.92. The van der Waals surface area contributed by atoms with Gasteiger partial charge in [0.25, 0.3) is 0 Å². The minimum absolute atomic E-state index is 0.141. The summed E-state index contributed by atoms with van der Waals surface area (Å²) in [6, 6.07) is 1.86. The van der Waals surface area contributed by atoms with Gasteiger partial charge in [-0.05, 0) is 6.07 Å². The van der Waals surface area contributed by atoms with Crippen LogP contribution in [-0.2, 0) is 4.74 Å². The molecule has 0 aromatic carbocycles. The van der Waals surface area contributed by atoms with Crippen molar-refractivity contribution in [1.82, 2.24) is 14.6 Å². The standard InChI is InChI=1S/C17H24N4O3Si/c1-10-13(8-22)24-16(15(10)23)12-7-11(5-6-25(2,3)4)14-17(18)19-9-20-21(12)14/h7,9-10,13,15-16,22-23H,8H2,1-4H3,(H2,18,19,20)/t10-,13-,15+,16+/m1/s1. The van der Waals surface area contributed by atoms with E-state index in [0.29, 0.717) is 17.0 Å². The molecule has 2 aromatic heterocycles. The Morgan fingerprint density at radius 1 is 1.40 bits per heavy atom. The van der Waals surface area contributed by atoms with E-state index in [-0.39, 0.29) is 12.5 Å². The number of hydrogen-bond donors (Lipinski definition) is 3. The molecule has 134 valence electrons. The van der Waals surface area contributed by atoms with Crippen molar-refractivity contribution in [1.29, 1.82) is 0 Å². The summed E-state index contributed by atoms with van der Waals surface area (Å²) in [6.45, 7) is 8.21. The maximum Gasteiger partial charge on any atom is 0.152 e. The summed E-state index contributed by atoms with van der Waals surface area (Å²) in [5, 5.41) is 24.3. The highest BCUT2D eigenvalue weighted by atomic mass is 28.3. The molecule has 3 heterocycles. The normalized spacial score (nSPS) is 26.6. The van der Waals surface area contributed by atoms with Crippen LogP contribution in [0.5, 0.6) is 0 Å². The van der Waals surface area contributed by atoms with E-state index in [2.05, 4.69) is 41.2 Å². The van der Waals surface area contributed by atoms with Crippen LogP contribution in [0.3, 0.4) is 0 Å². The molecular weight excluding hydrogens is 336 g/mol. The fourth-order valence-corrected chi connectivity index (χ4v) is 3.50. The number of nitrogens with zero attached hydrogens (tertiary/aromatic N) is 3. The molecule has 0 amide bonds. The van der Waals surface area contributed by atoms with Gasteiger partial charge in [-0.15, -0.1) is 5.54 Å². The SMILES string of the molecule is C[C@H]1[C@H](O)[C@H](c2cc(C#C[Si](C)(C)C)c3c(N)ncnn23)O[C@@H]1CO. The fourth-order valence-electron chi connectivity index (χ4n) is 2.99. The van der Waals surface area contributed by atoms with E-state index in [4.69, 9.17) is 10.5 Å². The molecule has 1 aliphatic heterocycles. The van der Waals surface area contributed by atoms with Gasteiger partial charge in [0.05, 0.1) is 30.1 Å². The van der Waals surface area contributed by atoms with Gasteiger partial charge in [-0.3, -0.25) is 0 Å². The second kappa shape index (κ2) is 6.42. The number of nitrogens with two attached hydrogens (primary N) is 1. The Morgan fingerprint density at radius 2 is 2.12 bits per heavy atom. The van der Waals surface area contributed by atoms with Crippen LogP contribution in [0.2, 0.25) is 19.6 Å². The first-order valence-corrected chi connectivity index (χ1v) is 11.8. The topological polar surface area (TPSA) is 106 Å². The van der Waals surface area contributed by atoms with E-state index in [1.165, 1.54) is 6.33 Å². The predicted octanol–water partition coefficient (Wildman–Crippen LogP) is 0.970. The third kappa shape index (κ3) is 3.28. The monoisotopic (exact) mass is 360 g/mol. The molecule has 3 rings (SSSR count). The van der Waals surface area contributed by atoms with Crippen LogP contribution in [0.15, 0.2) is 12.4 Å². The molecule has 0 bridgehead atoms. The highest BCUT2D eigenvalue weighted by Crippen LogP contribution is 2.38. The van der Waals surface area contributed by atoms with Crippen molar-refractivity contribution in [3.05, 3.63) is 23.7 Å². The molecular formula is C17H24N4O3Si. The second-order valence-electron chi connectivity index (χ2n) is 7.52. The van der Waals surface area contributed by atoms with Crippen molar-refractivity contribution in [2.45, 2.75) is 44.9 Å². The lowest BCUT2D eigenvalue weighted by Crippen LogP contribution is -2.24. The first kappa shape index (κ1) is 17.9. The summed E-state index contributed by atoms with van der Waals surface area (Å²) in [5.41, 5.74) is 11.4. The first-order chi connectivity index (χ1) is 11.7. The minimum Gasteiger partial charge on any atom is -0.394 e. The van der Waals surface area contributed by atoms with Gasteiger partial charge < -0.3 is 20.7 Å². The van der Waals surface area contributed by atoms with E-state index in [0.717, 1.165) is 5.56 Å². The smallest absolute Gasteiger partial charge is 0.152 e. The van der Waals surface area contributed by atoms with Crippen molar-refractivity contribution >= 4 is 19.4 Å². The van der Waals surface area contributed by atoms with Crippen molar-refractivity contribution < 1.29 is 14.9 Å². The zero-order valence-electron chi connectivity index (χ0n) is 14.9. The first-order valence-electron chi connectivity index (χ1n) is 8.32. The average molecular weight is 360 g/mol. The molecule has 0 aliphatic carbocycles. The zero-order valence-corrected chi connectivity index (χ0v) is 15.9. The van der Waals surface area contributed by atoms with Gasteiger partial charge in [0, 0.05) is 5.92 Å². The van der Waals surface area contributed by atoms with Crippen LogP contribution < -0.4 is 5.73 Å². The quantitative estimate of drug-likeness (QED) is 0.544. The lowest BCUT2D eigenvalue weighted by Gasteiger charge is -2.14. The lowest BCUT2D eigenvalue weighted by atomic mass is 9.97. The Balaban J connectivity index is 2.14. The number of aromatic nitrogens is 3. The van der Waals surface area contributed by atoms with E-state index in [1.807, 2.05) is 13.0 Å². The highest BCUT2D eigenvalue weighted by molar-refractivity contribution is 6.83. The molecule has 0 radical (unpaired) electrons. The Bertz CT molecular complexity index is 849. The minimum atomic E-state index is -1.57. The van der Waals surface area contributed by atoms with Crippen LogP contribution in [-0.4, -0.2) is 51.7 Å². The highest BCUT2D eigenvalue weighted by Gasteiger charge is 2.43. The maximum absolute atomic E-state index is 10.6. The van der Waals surface area contributed by atoms with Crippen LogP contribution in [0.25, 0.3) is 5.52 Å². The molecule has 25 heavy (non-hydrogen) atoms. The van der Waals surface area contributed by atoms with Gasteiger partial charge in [0.1, 0.15) is 26.0 Å². The maximum atomic E-state index is 10.6. The summed E-state index contributed by atoms with van der Waals surface area (Å²) in [5.74, 6) is 3.36. The van der Waals surface area contributed by atoms with Crippen molar-refractivity contribution in [3.8, 4) is 11.5 Å². The number of nitrogen functional groups attached to an aromatic ring is 1. The molecule has 8 heteroatoms. The molecule has 2 aromatic rings.